The lowest BCUT2D eigenvalue weighted by Gasteiger charge is -2.17. The summed E-state index contributed by atoms with van der Waals surface area (Å²) in [6.45, 7) is 0. The van der Waals surface area contributed by atoms with Gasteiger partial charge < -0.3 is 15.2 Å². The van der Waals surface area contributed by atoms with E-state index in [-0.39, 0.29) is 18.4 Å². The Balaban J connectivity index is 0.00000210. The second-order valence-corrected chi connectivity index (χ2v) is 6.82. The van der Waals surface area contributed by atoms with Crippen molar-refractivity contribution in [2.24, 2.45) is 11.7 Å². The van der Waals surface area contributed by atoms with Crippen molar-refractivity contribution in [3.63, 3.8) is 0 Å². The Bertz CT molecular complexity index is 851. The van der Waals surface area contributed by atoms with Gasteiger partial charge in [0.1, 0.15) is 11.5 Å². The Kier molecular flexibility index (Phi) is 6.38. The van der Waals surface area contributed by atoms with Crippen LogP contribution in [0.1, 0.15) is 30.9 Å². The Morgan fingerprint density at radius 3 is 1.89 bits per heavy atom. The van der Waals surface area contributed by atoms with E-state index in [2.05, 4.69) is 0 Å². The third-order valence-electron chi connectivity index (χ3n) is 4.62. The maximum Gasteiger partial charge on any atom is 0.170 e. The molecule has 3 aromatic carbocycles. The van der Waals surface area contributed by atoms with Crippen LogP contribution in [0.15, 0.2) is 78.9 Å². The van der Waals surface area contributed by atoms with Gasteiger partial charge in [-0.15, -0.1) is 12.4 Å². The Hall–Kier alpha value is -2.49. The van der Waals surface area contributed by atoms with Gasteiger partial charge in [0, 0.05) is 6.04 Å². The van der Waals surface area contributed by atoms with Crippen LogP contribution in [0.2, 0.25) is 0 Å². The molecule has 0 bridgehead atoms. The highest BCUT2D eigenvalue weighted by molar-refractivity contribution is 5.85. The normalized spacial score (nSPS) is 14.1. The van der Waals surface area contributed by atoms with Crippen LogP contribution in [0.5, 0.6) is 23.0 Å². The summed E-state index contributed by atoms with van der Waals surface area (Å²) in [4.78, 5) is 0. The Morgan fingerprint density at radius 2 is 1.33 bits per heavy atom. The van der Waals surface area contributed by atoms with Gasteiger partial charge in [0.25, 0.3) is 0 Å². The zero-order valence-corrected chi connectivity index (χ0v) is 15.9. The molecule has 1 fully saturated rings. The highest BCUT2D eigenvalue weighted by Crippen LogP contribution is 2.40. The molecule has 0 amide bonds. The van der Waals surface area contributed by atoms with Gasteiger partial charge in [-0.3, -0.25) is 0 Å². The summed E-state index contributed by atoms with van der Waals surface area (Å²) >= 11 is 0. The molecule has 0 aliphatic heterocycles. The van der Waals surface area contributed by atoms with Crippen molar-refractivity contribution in [2.45, 2.75) is 25.3 Å². The van der Waals surface area contributed by atoms with E-state index in [0.29, 0.717) is 11.5 Å². The van der Waals surface area contributed by atoms with Crippen LogP contribution in [-0.2, 0) is 0 Å². The molecule has 4 rings (SSSR count). The minimum absolute atomic E-state index is 0. The highest BCUT2D eigenvalue weighted by atomic mass is 35.5. The van der Waals surface area contributed by atoms with Gasteiger partial charge in [0.15, 0.2) is 11.5 Å². The molecule has 27 heavy (non-hydrogen) atoms. The number of para-hydroxylation sites is 2. The largest absolute Gasteiger partial charge is 0.453 e. The molecular weight excluding hydrogens is 358 g/mol. The summed E-state index contributed by atoms with van der Waals surface area (Å²) in [5.41, 5.74) is 7.49. The molecule has 3 nitrogen and oxygen atoms in total. The topological polar surface area (TPSA) is 44.5 Å². The van der Waals surface area contributed by atoms with Crippen molar-refractivity contribution in [2.75, 3.05) is 0 Å². The summed E-state index contributed by atoms with van der Waals surface area (Å²) in [5.74, 6) is 3.70. The highest BCUT2D eigenvalue weighted by Gasteiger charge is 2.25. The van der Waals surface area contributed by atoms with E-state index in [1.165, 1.54) is 12.8 Å². The van der Waals surface area contributed by atoms with Gasteiger partial charge >= 0.3 is 0 Å². The zero-order chi connectivity index (χ0) is 17.8. The van der Waals surface area contributed by atoms with Crippen LogP contribution in [0, 0.1) is 5.92 Å². The van der Waals surface area contributed by atoms with E-state index in [4.69, 9.17) is 15.2 Å². The van der Waals surface area contributed by atoms with Crippen LogP contribution < -0.4 is 15.2 Å². The number of hydrogen-bond acceptors (Lipinski definition) is 3. The van der Waals surface area contributed by atoms with Crippen molar-refractivity contribution in [1.82, 2.24) is 0 Å². The van der Waals surface area contributed by atoms with E-state index in [9.17, 15) is 0 Å². The van der Waals surface area contributed by atoms with Crippen LogP contribution in [0.25, 0.3) is 0 Å². The van der Waals surface area contributed by atoms with Crippen molar-refractivity contribution in [3.05, 3.63) is 84.4 Å². The molecule has 1 saturated carbocycles. The van der Waals surface area contributed by atoms with Crippen LogP contribution in [0.3, 0.4) is 0 Å². The smallest absolute Gasteiger partial charge is 0.170 e. The van der Waals surface area contributed by atoms with Crippen LogP contribution in [0.4, 0.5) is 0 Å². The fourth-order valence-corrected chi connectivity index (χ4v) is 3.00. The van der Waals surface area contributed by atoms with Gasteiger partial charge in [-0.25, -0.2) is 0 Å². The first-order valence-electron chi connectivity index (χ1n) is 9.13. The molecule has 1 atom stereocenters. The van der Waals surface area contributed by atoms with E-state index in [1.807, 2.05) is 78.9 Å². The van der Waals surface area contributed by atoms with Gasteiger partial charge in [0.2, 0.25) is 0 Å². The number of halogens is 1. The number of benzene rings is 3. The number of nitrogens with two attached hydrogens (primary N) is 1. The molecule has 0 saturated heterocycles. The van der Waals surface area contributed by atoms with Crippen LogP contribution >= 0.6 is 12.4 Å². The molecule has 0 radical (unpaired) electrons. The number of rotatable bonds is 7. The van der Waals surface area contributed by atoms with Gasteiger partial charge in [-0.05, 0) is 54.3 Å². The molecule has 3 aromatic rings. The van der Waals surface area contributed by atoms with Crippen molar-refractivity contribution >= 4 is 12.4 Å². The number of ether oxygens (including phenoxy) is 2. The first-order valence-corrected chi connectivity index (χ1v) is 9.13. The summed E-state index contributed by atoms with van der Waals surface area (Å²) in [6, 6.07) is 25.5. The van der Waals surface area contributed by atoms with Gasteiger partial charge in [0.05, 0.1) is 0 Å². The average Bonchev–Trinajstić information content (AvgIpc) is 3.49. The Morgan fingerprint density at radius 1 is 0.778 bits per heavy atom. The molecular formula is C23H24ClNO2. The maximum absolute atomic E-state index is 6.40. The lowest BCUT2D eigenvalue weighted by atomic mass is 10.0. The predicted octanol–water partition coefficient (Wildman–Crippen LogP) is 6.49. The molecule has 0 heterocycles. The molecule has 0 spiro atoms. The van der Waals surface area contributed by atoms with E-state index >= 15 is 0 Å². The van der Waals surface area contributed by atoms with Crippen molar-refractivity contribution in [1.29, 1.82) is 0 Å². The average molecular weight is 382 g/mol. The molecule has 4 heteroatoms. The fourth-order valence-electron chi connectivity index (χ4n) is 3.00. The minimum Gasteiger partial charge on any atom is -0.453 e. The lowest BCUT2D eigenvalue weighted by Crippen LogP contribution is -2.11. The summed E-state index contributed by atoms with van der Waals surface area (Å²) in [6.07, 6.45) is 3.64. The molecule has 1 aliphatic carbocycles. The standard InChI is InChI=1S/C23H23NO2.ClH/c24-21(15-17-11-12-17)18-13-14-22(25-19-7-3-1-4-8-19)23(16-18)26-20-9-5-2-6-10-20;/h1-10,13-14,16-17,21H,11-12,15,24H2;1H/t21-;/m1./s1. The molecule has 2 N–H and O–H groups in total. The molecule has 1 aliphatic rings. The van der Waals surface area contributed by atoms with Gasteiger partial charge in [-0.1, -0.05) is 55.3 Å². The predicted molar refractivity (Wildman–Crippen MR) is 111 cm³/mol. The summed E-state index contributed by atoms with van der Waals surface area (Å²) in [7, 11) is 0. The van der Waals surface area contributed by atoms with E-state index in [1.54, 1.807) is 0 Å². The summed E-state index contributed by atoms with van der Waals surface area (Å²) < 4.78 is 12.2. The van der Waals surface area contributed by atoms with E-state index in [0.717, 1.165) is 29.4 Å². The molecule has 140 valence electrons. The zero-order valence-electron chi connectivity index (χ0n) is 15.1. The third kappa shape index (κ3) is 5.25. The third-order valence-corrected chi connectivity index (χ3v) is 4.62. The summed E-state index contributed by atoms with van der Waals surface area (Å²) in [5, 5.41) is 0. The quantitative estimate of drug-likeness (QED) is 0.508. The SMILES string of the molecule is Cl.N[C@H](CC1CC1)c1ccc(Oc2ccccc2)c(Oc2ccccc2)c1. The first kappa shape index (κ1) is 19.3. The van der Waals surface area contributed by atoms with Gasteiger partial charge in [-0.2, -0.15) is 0 Å². The minimum atomic E-state index is 0. The second-order valence-electron chi connectivity index (χ2n) is 6.82. The fraction of sp³-hybridized carbons (Fsp3) is 0.217. The van der Waals surface area contributed by atoms with E-state index < -0.39 is 0 Å². The lowest BCUT2D eigenvalue weighted by molar-refractivity contribution is 0.417. The van der Waals surface area contributed by atoms with Crippen molar-refractivity contribution in [3.8, 4) is 23.0 Å². The first-order chi connectivity index (χ1) is 12.8. The van der Waals surface area contributed by atoms with Crippen molar-refractivity contribution < 1.29 is 9.47 Å². The molecule has 0 aromatic heterocycles. The number of hydrogen-bond donors (Lipinski definition) is 1. The Labute approximate surface area is 166 Å². The molecule has 0 unspecified atom stereocenters. The second kappa shape index (κ2) is 8.94. The monoisotopic (exact) mass is 381 g/mol. The van der Waals surface area contributed by atoms with Crippen LogP contribution in [-0.4, -0.2) is 0 Å². The maximum atomic E-state index is 6.40.